The number of nitrogens with one attached hydrogen (secondary N) is 1. The first-order chi connectivity index (χ1) is 13.4. The van der Waals surface area contributed by atoms with E-state index in [1.54, 1.807) is 23.5 Å². The first-order valence-corrected chi connectivity index (χ1v) is 10.3. The van der Waals surface area contributed by atoms with Gasteiger partial charge in [-0.1, -0.05) is 29.6 Å². The number of ether oxygens (including phenoxy) is 1. The highest BCUT2D eigenvalue weighted by Gasteiger charge is 2.44. The van der Waals surface area contributed by atoms with Crippen LogP contribution in [0.15, 0.2) is 29.6 Å². The molecule has 0 bridgehead atoms. The summed E-state index contributed by atoms with van der Waals surface area (Å²) in [5.41, 5.74) is 0.537. The number of hydrogen-bond acceptors (Lipinski definition) is 6. The van der Waals surface area contributed by atoms with E-state index in [1.165, 1.54) is 0 Å². The van der Waals surface area contributed by atoms with Crippen LogP contribution in [0.25, 0.3) is 0 Å². The molecule has 8 heteroatoms. The number of carbonyl (C=O) groups excluding carboxylic acids is 2. The van der Waals surface area contributed by atoms with E-state index in [-0.39, 0.29) is 23.6 Å². The maximum atomic E-state index is 13.4. The van der Waals surface area contributed by atoms with Crippen molar-refractivity contribution in [1.29, 1.82) is 0 Å². The molecule has 1 N–H and O–H groups in total. The monoisotopic (exact) mass is 402 g/mol. The summed E-state index contributed by atoms with van der Waals surface area (Å²) in [5, 5.41) is 8.64. The zero-order valence-electron chi connectivity index (χ0n) is 16.6. The Hall–Kier alpha value is -2.48. The molecule has 0 spiro atoms. The Labute approximate surface area is 169 Å². The molecule has 0 radical (unpaired) electrons. The van der Waals surface area contributed by atoms with Crippen molar-refractivity contribution in [2.24, 2.45) is 0 Å². The summed E-state index contributed by atoms with van der Waals surface area (Å²) in [5.74, 6) is 0.0724. The van der Waals surface area contributed by atoms with Gasteiger partial charge in [0.1, 0.15) is 11.8 Å². The Kier molecular flexibility index (Phi) is 5.98. The fourth-order valence-electron chi connectivity index (χ4n) is 3.04. The van der Waals surface area contributed by atoms with Crippen molar-refractivity contribution < 1.29 is 14.3 Å². The van der Waals surface area contributed by atoms with Crippen LogP contribution in [-0.4, -0.2) is 45.0 Å². The molecular formula is C20H26N4O3S. The number of carbonyl (C=O) groups is 2. The minimum absolute atomic E-state index is 0.000369. The highest BCUT2D eigenvalue weighted by molar-refractivity contribution is 7.03. The van der Waals surface area contributed by atoms with Gasteiger partial charge < -0.3 is 15.0 Å². The molecule has 0 saturated heterocycles. The van der Waals surface area contributed by atoms with Crippen molar-refractivity contribution >= 4 is 23.3 Å². The zero-order valence-corrected chi connectivity index (χ0v) is 17.5. The van der Waals surface area contributed by atoms with Crippen molar-refractivity contribution in [2.45, 2.75) is 57.7 Å². The SMILES string of the molecule is CCC(C)(C)NC(=O)C(c1ccccc1OC)N(C(=O)c1csnn1)C1CC1. The molecule has 3 rings (SSSR count). The lowest BCUT2D eigenvalue weighted by atomic mass is 9.97. The second-order valence-corrected chi connectivity index (χ2v) is 8.21. The normalized spacial score (nSPS) is 15.0. The molecule has 1 saturated carbocycles. The Balaban J connectivity index is 2.06. The topological polar surface area (TPSA) is 84.4 Å². The maximum Gasteiger partial charge on any atom is 0.276 e. The Bertz CT molecular complexity index is 834. The molecule has 1 heterocycles. The van der Waals surface area contributed by atoms with Crippen molar-refractivity contribution in [1.82, 2.24) is 19.8 Å². The van der Waals surface area contributed by atoms with Crippen molar-refractivity contribution in [2.75, 3.05) is 7.11 Å². The number of para-hydroxylation sites is 1. The fourth-order valence-corrected chi connectivity index (χ4v) is 3.47. The van der Waals surface area contributed by atoms with E-state index in [2.05, 4.69) is 14.9 Å². The van der Waals surface area contributed by atoms with Gasteiger partial charge in [0.15, 0.2) is 5.69 Å². The minimum Gasteiger partial charge on any atom is -0.496 e. The predicted octanol–water partition coefficient (Wildman–Crippen LogP) is 3.20. The van der Waals surface area contributed by atoms with Crippen molar-refractivity contribution in [3.05, 3.63) is 40.9 Å². The standard InChI is InChI=1S/C20H26N4O3S/c1-5-20(2,3)21-18(25)17(14-8-6-7-9-16(14)27-4)24(13-10-11-13)19(26)15-12-28-23-22-15/h6-9,12-13,17H,5,10-11H2,1-4H3,(H,21,25). The molecule has 1 aromatic carbocycles. The van der Waals surface area contributed by atoms with Gasteiger partial charge in [-0.05, 0) is 50.7 Å². The number of nitrogens with zero attached hydrogens (tertiary/aromatic N) is 3. The van der Waals surface area contributed by atoms with Crippen LogP contribution in [0.1, 0.15) is 62.1 Å². The molecule has 0 aliphatic heterocycles. The third kappa shape index (κ3) is 4.32. The Morgan fingerprint density at radius 3 is 2.64 bits per heavy atom. The van der Waals surface area contributed by atoms with Gasteiger partial charge in [0.2, 0.25) is 5.91 Å². The van der Waals surface area contributed by atoms with Gasteiger partial charge in [0, 0.05) is 22.5 Å². The van der Waals surface area contributed by atoms with Gasteiger partial charge in [-0.25, -0.2) is 0 Å². The quantitative estimate of drug-likeness (QED) is 0.733. The summed E-state index contributed by atoms with van der Waals surface area (Å²) in [6, 6.07) is 6.54. The van der Waals surface area contributed by atoms with Crippen molar-refractivity contribution in [3.8, 4) is 5.75 Å². The molecule has 28 heavy (non-hydrogen) atoms. The predicted molar refractivity (Wildman–Crippen MR) is 107 cm³/mol. The Morgan fingerprint density at radius 1 is 1.36 bits per heavy atom. The lowest BCUT2D eigenvalue weighted by molar-refractivity contribution is -0.127. The number of rotatable bonds is 8. The first kappa shape index (κ1) is 20.3. The maximum absolute atomic E-state index is 13.4. The summed E-state index contributed by atoms with van der Waals surface area (Å²) in [6.45, 7) is 5.96. The molecular weight excluding hydrogens is 376 g/mol. The number of methoxy groups -OCH3 is 1. The zero-order chi connectivity index (χ0) is 20.3. The summed E-state index contributed by atoms with van der Waals surface area (Å²) >= 11 is 1.12. The molecule has 1 atom stereocenters. The smallest absolute Gasteiger partial charge is 0.276 e. The van der Waals surface area contributed by atoms with Crippen LogP contribution in [0, 0.1) is 0 Å². The number of aromatic nitrogens is 2. The van der Waals surface area contributed by atoms with Crippen LogP contribution >= 0.6 is 11.5 Å². The van der Waals surface area contributed by atoms with Crippen molar-refractivity contribution in [3.63, 3.8) is 0 Å². The molecule has 150 valence electrons. The summed E-state index contributed by atoms with van der Waals surface area (Å²) in [6.07, 6.45) is 2.49. The van der Waals surface area contributed by atoms with Crippen LogP contribution < -0.4 is 10.1 Å². The third-order valence-corrected chi connectivity index (χ3v) is 5.56. The number of hydrogen-bond donors (Lipinski definition) is 1. The van der Waals surface area contributed by atoms with Crippen LogP contribution in [0.4, 0.5) is 0 Å². The molecule has 7 nitrogen and oxygen atoms in total. The third-order valence-electron chi connectivity index (χ3n) is 5.06. The highest BCUT2D eigenvalue weighted by Crippen LogP contribution is 2.39. The van der Waals surface area contributed by atoms with Gasteiger partial charge in [-0.15, -0.1) is 5.10 Å². The van der Waals surface area contributed by atoms with Crippen LogP contribution in [-0.2, 0) is 4.79 Å². The average Bonchev–Trinajstić information content (AvgIpc) is 3.37. The lowest BCUT2D eigenvalue weighted by Gasteiger charge is -2.34. The van der Waals surface area contributed by atoms with Crippen LogP contribution in [0.3, 0.4) is 0 Å². The van der Waals surface area contributed by atoms with E-state index < -0.39 is 11.6 Å². The van der Waals surface area contributed by atoms with E-state index in [0.29, 0.717) is 11.3 Å². The molecule has 2 aromatic rings. The van der Waals surface area contributed by atoms with Gasteiger partial charge in [-0.2, -0.15) is 0 Å². The fraction of sp³-hybridized carbons (Fsp3) is 0.500. The van der Waals surface area contributed by atoms with Gasteiger partial charge in [0.25, 0.3) is 5.91 Å². The van der Waals surface area contributed by atoms with E-state index in [1.807, 2.05) is 39.0 Å². The van der Waals surface area contributed by atoms with Gasteiger partial charge >= 0.3 is 0 Å². The summed E-state index contributed by atoms with van der Waals surface area (Å²) < 4.78 is 9.32. The van der Waals surface area contributed by atoms with E-state index in [4.69, 9.17) is 4.74 Å². The largest absolute Gasteiger partial charge is 0.496 e. The van der Waals surface area contributed by atoms with Crippen LogP contribution in [0.5, 0.6) is 5.75 Å². The molecule has 1 aromatic heterocycles. The summed E-state index contributed by atoms with van der Waals surface area (Å²) in [4.78, 5) is 28.3. The number of benzene rings is 1. The van der Waals surface area contributed by atoms with E-state index in [9.17, 15) is 9.59 Å². The number of amides is 2. The minimum atomic E-state index is -0.802. The molecule has 1 fully saturated rings. The second-order valence-electron chi connectivity index (χ2n) is 7.60. The van der Waals surface area contributed by atoms with Gasteiger partial charge in [0.05, 0.1) is 7.11 Å². The highest BCUT2D eigenvalue weighted by atomic mass is 32.1. The van der Waals surface area contributed by atoms with Crippen LogP contribution in [0.2, 0.25) is 0 Å². The van der Waals surface area contributed by atoms with E-state index >= 15 is 0 Å². The molecule has 1 unspecified atom stereocenters. The van der Waals surface area contributed by atoms with E-state index in [0.717, 1.165) is 30.8 Å². The second kappa shape index (κ2) is 8.26. The Morgan fingerprint density at radius 2 is 2.07 bits per heavy atom. The average molecular weight is 403 g/mol. The molecule has 1 aliphatic rings. The van der Waals surface area contributed by atoms with Gasteiger partial charge in [-0.3, -0.25) is 9.59 Å². The molecule has 1 aliphatic carbocycles. The first-order valence-electron chi connectivity index (χ1n) is 9.42. The molecule has 2 amide bonds. The summed E-state index contributed by atoms with van der Waals surface area (Å²) in [7, 11) is 1.57. The lowest BCUT2D eigenvalue weighted by Crippen LogP contribution is -2.51.